The second-order valence-electron chi connectivity index (χ2n) is 2.81. The van der Waals surface area contributed by atoms with Crippen molar-refractivity contribution in [2.24, 2.45) is 5.16 Å². The summed E-state index contributed by atoms with van der Waals surface area (Å²) in [7, 11) is 0. The molecule has 1 rings (SSSR count). The lowest BCUT2D eigenvalue weighted by Gasteiger charge is -2.01. The number of ether oxygens (including phenoxy) is 1. The number of nitrogens with zero attached hydrogens (tertiary/aromatic N) is 2. The van der Waals surface area contributed by atoms with Crippen LogP contribution in [0.1, 0.15) is 19.5 Å². The third-order valence-electron chi connectivity index (χ3n) is 1.57. The van der Waals surface area contributed by atoms with E-state index in [1.807, 2.05) is 0 Å². The van der Waals surface area contributed by atoms with Crippen molar-refractivity contribution < 1.29 is 14.4 Å². The van der Waals surface area contributed by atoms with Crippen LogP contribution in [0.3, 0.4) is 0 Å². The zero-order valence-corrected chi connectivity index (χ0v) is 10.4. The Morgan fingerprint density at radius 3 is 3.00 bits per heavy atom. The molecule has 0 aromatic carbocycles. The fourth-order valence-electron chi connectivity index (χ4n) is 0.928. The molecule has 6 nitrogen and oxygen atoms in total. The molecular formula is C10H13N3O3S. The Morgan fingerprint density at radius 2 is 2.47 bits per heavy atom. The van der Waals surface area contributed by atoms with Gasteiger partial charge < -0.3 is 15.3 Å². The number of hydrogen-bond donors (Lipinski definition) is 1. The summed E-state index contributed by atoms with van der Waals surface area (Å²) >= 11 is 1.21. The van der Waals surface area contributed by atoms with Crippen molar-refractivity contribution in [2.75, 3.05) is 12.3 Å². The topological polar surface area (TPSA) is 86.8 Å². The predicted octanol–water partition coefficient (Wildman–Crippen LogP) is 1.54. The molecule has 0 saturated heterocycles. The molecule has 92 valence electrons. The maximum atomic E-state index is 11.6. The van der Waals surface area contributed by atoms with Gasteiger partial charge in [0.05, 0.1) is 6.61 Å². The molecule has 0 atom stereocenters. The molecule has 7 heteroatoms. The van der Waals surface area contributed by atoms with Crippen LogP contribution in [0.4, 0.5) is 5.13 Å². The van der Waals surface area contributed by atoms with E-state index in [1.165, 1.54) is 17.6 Å². The summed E-state index contributed by atoms with van der Waals surface area (Å²) in [6.45, 7) is 3.72. The average Bonchev–Trinajstić information content (AvgIpc) is 2.71. The lowest BCUT2D eigenvalue weighted by atomic mass is 10.3. The number of oxime groups is 1. The second kappa shape index (κ2) is 6.64. The number of rotatable bonds is 5. The van der Waals surface area contributed by atoms with Gasteiger partial charge in [0.25, 0.3) is 0 Å². The smallest absolute Gasteiger partial charge is 0.362 e. The number of nitrogen functional groups attached to an aromatic ring is 1. The first-order chi connectivity index (χ1) is 8.19. The van der Waals surface area contributed by atoms with Gasteiger partial charge >= 0.3 is 5.97 Å². The van der Waals surface area contributed by atoms with Crippen LogP contribution in [-0.4, -0.2) is 23.3 Å². The van der Waals surface area contributed by atoms with Gasteiger partial charge in [-0.25, -0.2) is 9.78 Å². The Labute approximate surface area is 103 Å². The van der Waals surface area contributed by atoms with E-state index in [2.05, 4.69) is 10.1 Å². The Balaban J connectivity index is 2.93. The summed E-state index contributed by atoms with van der Waals surface area (Å²) < 4.78 is 4.85. The van der Waals surface area contributed by atoms with Crippen LogP contribution >= 0.6 is 11.3 Å². The van der Waals surface area contributed by atoms with Gasteiger partial charge in [-0.1, -0.05) is 5.16 Å². The maximum absolute atomic E-state index is 11.6. The summed E-state index contributed by atoms with van der Waals surface area (Å²) in [5.41, 5.74) is 5.83. The molecule has 0 bridgehead atoms. The van der Waals surface area contributed by atoms with Crippen LogP contribution in [0.5, 0.6) is 0 Å². The number of carbonyl (C=O) groups is 1. The lowest BCUT2D eigenvalue weighted by Crippen LogP contribution is -2.19. The monoisotopic (exact) mass is 255 g/mol. The highest BCUT2D eigenvalue weighted by Crippen LogP contribution is 2.13. The highest BCUT2D eigenvalue weighted by Gasteiger charge is 2.19. The summed E-state index contributed by atoms with van der Waals surface area (Å²) in [6, 6.07) is 0. The number of aromatic nitrogens is 1. The zero-order valence-electron chi connectivity index (χ0n) is 9.54. The molecule has 1 aromatic rings. The molecule has 0 unspecified atom stereocenters. The number of thiazole rings is 1. The molecule has 0 aliphatic rings. The van der Waals surface area contributed by atoms with Crippen LogP contribution in [0.2, 0.25) is 0 Å². The zero-order chi connectivity index (χ0) is 12.7. The Hall–Kier alpha value is -1.89. The van der Waals surface area contributed by atoms with Crippen LogP contribution in [0.15, 0.2) is 22.9 Å². The Kier molecular flexibility index (Phi) is 5.15. The highest BCUT2D eigenvalue weighted by molar-refractivity contribution is 7.13. The number of carbonyl (C=O) groups excluding carboxylic acids is 1. The molecule has 1 aromatic heterocycles. The van der Waals surface area contributed by atoms with Crippen molar-refractivity contribution in [1.82, 2.24) is 4.98 Å². The van der Waals surface area contributed by atoms with E-state index in [4.69, 9.17) is 15.3 Å². The van der Waals surface area contributed by atoms with Crippen LogP contribution in [0, 0.1) is 0 Å². The molecule has 0 spiro atoms. The van der Waals surface area contributed by atoms with E-state index in [0.29, 0.717) is 10.8 Å². The number of nitrogens with two attached hydrogens (primary N) is 1. The van der Waals surface area contributed by atoms with Crippen LogP contribution in [-0.2, 0) is 14.4 Å². The van der Waals surface area contributed by atoms with Gasteiger partial charge in [-0.3, -0.25) is 0 Å². The van der Waals surface area contributed by atoms with Crippen LogP contribution < -0.4 is 5.73 Å². The van der Waals surface area contributed by atoms with Gasteiger partial charge in [0.15, 0.2) is 5.13 Å². The van der Waals surface area contributed by atoms with E-state index in [9.17, 15) is 4.79 Å². The van der Waals surface area contributed by atoms with Crippen molar-refractivity contribution in [1.29, 1.82) is 0 Å². The molecule has 0 aliphatic heterocycles. The molecule has 1 heterocycles. The van der Waals surface area contributed by atoms with Crippen molar-refractivity contribution in [3.63, 3.8) is 0 Å². The van der Waals surface area contributed by atoms with Gasteiger partial charge in [0.1, 0.15) is 12.0 Å². The summed E-state index contributed by atoms with van der Waals surface area (Å²) in [5, 5.41) is 5.62. The number of hydrogen-bond acceptors (Lipinski definition) is 7. The minimum Gasteiger partial charge on any atom is -0.461 e. The average molecular weight is 255 g/mol. The molecule has 0 saturated carbocycles. The lowest BCUT2D eigenvalue weighted by molar-refractivity contribution is -0.135. The van der Waals surface area contributed by atoms with Crippen molar-refractivity contribution in [2.45, 2.75) is 13.8 Å². The minimum absolute atomic E-state index is 0.00194. The standard InChI is InChI=1S/C10H13N3O3S/c1-3-5-16-13-8(9(14)15-4-2)7-6-17-10(11)12-7/h3,5-6H,4H2,1-2H3,(H2,11,12)/b5-3+,13-8-. The predicted molar refractivity (Wildman–Crippen MR) is 65.6 cm³/mol. The molecular weight excluding hydrogens is 242 g/mol. The SMILES string of the molecule is C/C=C/O/N=C(\C(=O)OCC)c1csc(N)n1. The summed E-state index contributed by atoms with van der Waals surface area (Å²) in [6.07, 6.45) is 2.98. The first-order valence-electron chi connectivity index (χ1n) is 4.92. The van der Waals surface area contributed by atoms with E-state index in [-0.39, 0.29) is 12.3 Å². The molecule has 17 heavy (non-hydrogen) atoms. The highest BCUT2D eigenvalue weighted by atomic mass is 32.1. The third-order valence-corrected chi connectivity index (χ3v) is 2.25. The first kappa shape index (κ1) is 13.2. The fraction of sp³-hybridized carbons (Fsp3) is 0.300. The summed E-state index contributed by atoms with van der Waals surface area (Å²) in [4.78, 5) is 20.4. The van der Waals surface area contributed by atoms with Gasteiger partial charge in [0, 0.05) is 5.38 Å². The van der Waals surface area contributed by atoms with E-state index in [1.54, 1.807) is 25.3 Å². The third kappa shape index (κ3) is 3.87. The molecule has 0 radical (unpaired) electrons. The van der Waals surface area contributed by atoms with E-state index >= 15 is 0 Å². The second-order valence-corrected chi connectivity index (χ2v) is 3.70. The Bertz CT molecular complexity index is 440. The van der Waals surface area contributed by atoms with E-state index in [0.717, 1.165) is 0 Å². The largest absolute Gasteiger partial charge is 0.461 e. The number of esters is 1. The molecule has 2 N–H and O–H groups in total. The van der Waals surface area contributed by atoms with Crippen molar-refractivity contribution in [3.05, 3.63) is 23.4 Å². The van der Waals surface area contributed by atoms with E-state index < -0.39 is 5.97 Å². The first-order valence-corrected chi connectivity index (χ1v) is 5.80. The van der Waals surface area contributed by atoms with Gasteiger partial charge in [-0.05, 0) is 19.9 Å². The quantitative estimate of drug-likeness (QED) is 0.373. The molecule has 0 amide bonds. The molecule has 0 aliphatic carbocycles. The van der Waals surface area contributed by atoms with Gasteiger partial charge in [-0.15, -0.1) is 11.3 Å². The van der Waals surface area contributed by atoms with Gasteiger partial charge in [0.2, 0.25) is 5.71 Å². The fourth-order valence-corrected chi connectivity index (χ4v) is 1.48. The number of allylic oxidation sites excluding steroid dienone is 1. The maximum Gasteiger partial charge on any atom is 0.362 e. The van der Waals surface area contributed by atoms with Crippen molar-refractivity contribution >= 4 is 28.1 Å². The minimum atomic E-state index is -0.595. The summed E-state index contributed by atoms with van der Waals surface area (Å²) in [5.74, 6) is -0.595. The van der Waals surface area contributed by atoms with Crippen molar-refractivity contribution in [3.8, 4) is 0 Å². The van der Waals surface area contributed by atoms with Crippen LogP contribution in [0.25, 0.3) is 0 Å². The Morgan fingerprint density at radius 1 is 1.71 bits per heavy atom. The number of anilines is 1. The van der Waals surface area contributed by atoms with Gasteiger partial charge in [-0.2, -0.15) is 0 Å². The molecule has 0 fully saturated rings. The normalized spacial score (nSPS) is 11.8.